The van der Waals surface area contributed by atoms with E-state index in [1.807, 2.05) is 43.3 Å². The van der Waals surface area contributed by atoms with Crippen molar-refractivity contribution in [2.24, 2.45) is 0 Å². The van der Waals surface area contributed by atoms with E-state index in [1.165, 1.54) is 0 Å². The second-order valence-corrected chi connectivity index (χ2v) is 5.59. The summed E-state index contributed by atoms with van der Waals surface area (Å²) in [7, 11) is 0. The molecule has 1 aliphatic rings. The van der Waals surface area contributed by atoms with E-state index in [0.717, 1.165) is 15.6 Å². The molecule has 2 aromatic carbocycles. The Labute approximate surface area is 120 Å². The van der Waals surface area contributed by atoms with Crippen LogP contribution in [0.25, 0.3) is 0 Å². The van der Waals surface area contributed by atoms with Crippen LogP contribution in [-0.2, 0) is 0 Å². The van der Waals surface area contributed by atoms with E-state index in [4.69, 9.17) is 4.74 Å². The Hall–Kier alpha value is -1.61. The maximum atomic E-state index is 12.1. The minimum Gasteiger partial charge on any atom is -0.484 e. The van der Waals surface area contributed by atoms with E-state index in [2.05, 4.69) is 22.0 Å². The maximum Gasteiger partial charge on any atom is 0.170 e. The average molecular weight is 317 g/mol. The van der Waals surface area contributed by atoms with Gasteiger partial charge in [0, 0.05) is 4.47 Å². The van der Waals surface area contributed by atoms with Gasteiger partial charge >= 0.3 is 0 Å². The Morgan fingerprint density at radius 2 is 2.00 bits per heavy atom. The summed E-state index contributed by atoms with van der Waals surface area (Å²) < 4.78 is 7.02. The van der Waals surface area contributed by atoms with E-state index < -0.39 is 0 Å². The summed E-state index contributed by atoms with van der Waals surface area (Å²) in [6.07, 6.45) is 0.215. The fourth-order valence-corrected chi connectivity index (χ4v) is 2.57. The number of carbonyl (C=O) groups excluding carboxylic acids is 1. The fourth-order valence-electron chi connectivity index (χ4n) is 2.33. The van der Waals surface area contributed by atoms with Crippen LogP contribution < -0.4 is 4.74 Å². The predicted molar refractivity (Wildman–Crippen MR) is 77.6 cm³/mol. The van der Waals surface area contributed by atoms with Gasteiger partial charge in [-0.05, 0) is 36.2 Å². The van der Waals surface area contributed by atoms with Crippen molar-refractivity contribution in [1.82, 2.24) is 0 Å². The van der Waals surface area contributed by atoms with Gasteiger partial charge in [-0.25, -0.2) is 0 Å². The van der Waals surface area contributed by atoms with Gasteiger partial charge in [-0.15, -0.1) is 0 Å². The predicted octanol–water partition coefficient (Wildman–Crippen LogP) is 4.46. The molecule has 1 atom stereocenters. The van der Waals surface area contributed by atoms with E-state index in [9.17, 15) is 4.79 Å². The van der Waals surface area contributed by atoms with E-state index >= 15 is 0 Å². The molecule has 2 nitrogen and oxygen atoms in total. The smallest absolute Gasteiger partial charge is 0.170 e. The molecule has 3 heteroatoms. The van der Waals surface area contributed by atoms with Crippen LogP contribution in [0, 0.1) is 6.92 Å². The number of aryl methyl sites for hydroxylation is 1. The molecule has 2 aromatic rings. The summed E-state index contributed by atoms with van der Waals surface area (Å²) in [6.45, 7) is 2.03. The van der Waals surface area contributed by atoms with Gasteiger partial charge in [-0.2, -0.15) is 0 Å². The largest absolute Gasteiger partial charge is 0.484 e. The van der Waals surface area contributed by atoms with Crippen molar-refractivity contribution in [3.63, 3.8) is 0 Å². The Kier molecular flexibility index (Phi) is 3.15. The molecule has 0 spiro atoms. The number of halogens is 1. The standard InChI is InChI=1S/C16H13BrO2/c1-10-8-11(6-7-13(10)17)16-9-14(18)12-4-2-3-5-15(12)19-16/h2-8,16H,9H2,1H3. The molecule has 96 valence electrons. The lowest BCUT2D eigenvalue weighted by Crippen LogP contribution is -2.20. The van der Waals surface area contributed by atoms with Crippen LogP contribution in [0.3, 0.4) is 0 Å². The van der Waals surface area contributed by atoms with Crippen molar-refractivity contribution < 1.29 is 9.53 Å². The zero-order valence-electron chi connectivity index (χ0n) is 10.5. The van der Waals surface area contributed by atoms with Gasteiger partial charge in [0.15, 0.2) is 5.78 Å². The molecule has 1 heterocycles. The number of carbonyl (C=O) groups is 1. The van der Waals surface area contributed by atoms with Crippen molar-refractivity contribution in [2.45, 2.75) is 19.4 Å². The lowest BCUT2D eigenvalue weighted by molar-refractivity contribution is 0.0850. The number of Topliss-reactive ketones (excluding diaryl/α,β-unsaturated/α-hetero) is 1. The highest BCUT2D eigenvalue weighted by molar-refractivity contribution is 9.10. The quantitative estimate of drug-likeness (QED) is 0.776. The minimum atomic E-state index is -0.186. The topological polar surface area (TPSA) is 26.3 Å². The molecule has 0 aromatic heterocycles. The molecule has 0 N–H and O–H groups in total. The molecule has 1 aliphatic heterocycles. The lowest BCUT2D eigenvalue weighted by Gasteiger charge is -2.25. The van der Waals surface area contributed by atoms with Gasteiger partial charge in [-0.1, -0.05) is 40.2 Å². The molecule has 19 heavy (non-hydrogen) atoms. The summed E-state index contributed by atoms with van der Waals surface area (Å²) >= 11 is 3.48. The molecule has 0 saturated carbocycles. The first-order chi connectivity index (χ1) is 9.15. The SMILES string of the molecule is Cc1cc(C2CC(=O)c3ccccc3O2)ccc1Br. The van der Waals surface area contributed by atoms with Crippen LogP contribution in [0.15, 0.2) is 46.9 Å². The molecular formula is C16H13BrO2. The first-order valence-corrected chi connectivity index (χ1v) is 6.99. The molecule has 1 unspecified atom stereocenters. The Morgan fingerprint density at radius 1 is 1.21 bits per heavy atom. The second-order valence-electron chi connectivity index (χ2n) is 4.74. The number of benzene rings is 2. The molecular weight excluding hydrogens is 304 g/mol. The summed E-state index contributed by atoms with van der Waals surface area (Å²) in [6, 6.07) is 13.5. The van der Waals surface area contributed by atoms with E-state index in [-0.39, 0.29) is 11.9 Å². The number of para-hydroxylation sites is 1. The number of rotatable bonds is 1. The molecule has 0 bridgehead atoms. The highest BCUT2D eigenvalue weighted by atomic mass is 79.9. The van der Waals surface area contributed by atoms with Gasteiger partial charge < -0.3 is 4.74 Å². The van der Waals surface area contributed by atoms with Crippen molar-refractivity contribution >= 4 is 21.7 Å². The Bertz CT molecular complexity index is 649. The summed E-state index contributed by atoms with van der Waals surface area (Å²) in [5.74, 6) is 0.830. The monoisotopic (exact) mass is 316 g/mol. The van der Waals surface area contributed by atoms with Gasteiger partial charge in [-0.3, -0.25) is 4.79 Å². The van der Waals surface area contributed by atoms with Gasteiger partial charge in [0.2, 0.25) is 0 Å². The highest BCUT2D eigenvalue weighted by Gasteiger charge is 2.27. The van der Waals surface area contributed by atoms with E-state index in [0.29, 0.717) is 17.7 Å². The second kappa shape index (κ2) is 4.82. The fraction of sp³-hybridized carbons (Fsp3) is 0.188. The average Bonchev–Trinajstić information content (AvgIpc) is 2.42. The van der Waals surface area contributed by atoms with E-state index in [1.54, 1.807) is 0 Å². The lowest BCUT2D eigenvalue weighted by atomic mass is 9.95. The normalized spacial score (nSPS) is 17.8. The summed E-state index contributed by atoms with van der Waals surface area (Å²) in [4.78, 5) is 12.1. The molecule has 0 amide bonds. The molecule has 0 aliphatic carbocycles. The summed E-state index contributed by atoms with van der Waals surface area (Å²) in [5, 5.41) is 0. The first-order valence-electron chi connectivity index (χ1n) is 6.20. The third kappa shape index (κ3) is 2.30. The van der Waals surface area contributed by atoms with Crippen molar-refractivity contribution in [3.8, 4) is 5.75 Å². The number of hydrogen-bond donors (Lipinski definition) is 0. The number of ketones is 1. The number of fused-ring (bicyclic) bond motifs is 1. The number of hydrogen-bond acceptors (Lipinski definition) is 2. The van der Waals surface area contributed by atoms with Gasteiger partial charge in [0.25, 0.3) is 0 Å². The number of ether oxygens (including phenoxy) is 1. The van der Waals surface area contributed by atoms with Crippen molar-refractivity contribution in [3.05, 3.63) is 63.6 Å². The van der Waals surface area contributed by atoms with Crippen LogP contribution >= 0.6 is 15.9 Å². The van der Waals surface area contributed by atoms with Crippen molar-refractivity contribution in [2.75, 3.05) is 0 Å². The van der Waals surface area contributed by atoms with Crippen LogP contribution in [-0.4, -0.2) is 5.78 Å². The van der Waals surface area contributed by atoms with Gasteiger partial charge in [0.1, 0.15) is 11.9 Å². The third-order valence-electron chi connectivity index (χ3n) is 3.38. The molecule has 0 radical (unpaired) electrons. The first kappa shape index (κ1) is 12.4. The highest BCUT2D eigenvalue weighted by Crippen LogP contribution is 2.35. The van der Waals surface area contributed by atoms with Crippen molar-refractivity contribution in [1.29, 1.82) is 0 Å². The Morgan fingerprint density at radius 3 is 2.79 bits per heavy atom. The van der Waals surface area contributed by atoms with Crippen LogP contribution in [0.5, 0.6) is 5.75 Å². The zero-order valence-corrected chi connectivity index (χ0v) is 12.1. The minimum absolute atomic E-state index is 0.146. The van der Waals surface area contributed by atoms with Crippen LogP contribution in [0.1, 0.15) is 34.0 Å². The molecule has 0 fully saturated rings. The van der Waals surface area contributed by atoms with Crippen LogP contribution in [0.2, 0.25) is 0 Å². The van der Waals surface area contributed by atoms with Crippen LogP contribution in [0.4, 0.5) is 0 Å². The third-order valence-corrected chi connectivity index (χ3v) is 4.27. The molecule has 3 rings (SSSR count). The van der Waals surface area contributed by atoms with Gasteiger partial charge in [0.05, 0.1) is 12.0 Å². The molecule has 0 saturated heterocycles. The zero-order chi connectivity index (χ0) is 13.4. The summed E-state index contributed by atoms with van der Waals surface area (Å²) in [5.41, 5.74) is 2.88. The Balaban J connectivity index is 1.96. The maximum absolute atomic E-state index is 12.1.